The van der Waals surface area contributed by atoms with E-state index in [4.69, 9.17) is 10.5 Å². The van der Waals surface area contributed by atoms with E-state index in [9.17, 15) is 0 Å². The second-order valence-electron chi connectivity index (χ2n) is 7.05. The molecule has 1 aromatic heterocycles. The van der Waals surface area contributed by atoms with Crippen molar-refractivity contribution in [2.24, 2.45) is 0 Å². The third-order valence-corrected chi connectivity index (χ3v) is 4.56. The highest BCUT2D eigenvalue weighted by Crippen LogP contribution is 2.11. The maximum atomic E-state index is 5.81. The molecule has 0 saturated carbocycles. The van der Waals surface area contributed by atoms with Crippen LogP contribution < -0.4 is 5.73 Å². The summed E-state index contributed by atoms with van der Waals surface area (Å²) >= 11 is 0. The topological polar surface area (TPSA) is 48.1 Å². The summed E-state index contributed by atoms with van der Waals surface area (Å²) in [5, 5.41) is 0. The summed E-state index contributed by atoms with van der Waals surface area (Å²) in [5.74, 6) is 0. The molecular weight excluding hydrogens is 344 g/mol. The van der Waals surface area contributed by atoms with Gasteiger partial charge in [0, 0.05) is 12.3 Å². The summed E-state index contributed by atoms with van der Waals surface area (Å²) in [5.41, 5.74) is 12.2. The normalized spacial score (nSPS) is 11.2. The van der Waals surface area contributed by atoms with Gasteiger partial charge in [0.05, 0.1) is 18.0 Å². The lowest BCUT2D eigenvalue weighted by molar-refractivity contribution is 0.114. The largest absolute Gasteiger partial charge is 0.399 e. The second kappa shape index (κ2) is 10.4. The molecule has 3 rings (SSSR count). The van der Waals surface area contributed by atoms with Crippen molar-refractivity contribution >= 4 is 17.8 Å². The lowest BCUT2D eigenvalue weighted by Crippen LogP contribution is -1.99. The molecule has 28 heavy (non-hydrogen) atoms. The first-order valence-electron chi connectivity index (χ1n) is 9.82. The molecule has 0 atom stereocenters. The van der Waals surface area contributed by atoms with Crippen LogP contribution in [0.3, 0.4) is 0 Å². The Labute approximate surface area is 167 Å². The molecule has 0 saturated heterocycles. The number of nitrogen functional groups attached to an aromatic ring is 1. The van der Waals surface area contributed by atoms with Crippen molar-refractivity contribution in [1.82, 2.24) is 4.98 Å². The Hall–Kier alpha value is -2.91. The highest BCUT2D eigenvalue weighted by atomic mass is 16.5. The standard InChI is InChI=1S/C25H28N2O/c1-20-11-13-21(14-12-20)6-2-3-17-28-19-25-10-5-9-24(27-25)16-15-22-7-4-8-23(26)18-22/h4-5,7-16,18H,2-3,6,17,19,26H2,1H3/b16-15+. The van der Waals surface area contributed by atoms with Gasteiger partial charge in [0.25, 0.3) is 0 Å². The minimum atomic E-state index is 0.546. The molecule has 0 aliphatic rings. The van der Waals surface area contributed by atoms with Gasteiger partial charge in [0.15, 0.2) is 0 Å². The van der Waals surface area contributed by atoms with Crippen molar-refractivity contribution < 1.29 is 4.74 Å². The minimum absolute atomic E-state index is 0.546. The van der Waals surface area contributed by atoms with Gasteiger partial charge in [-0.3, -0.25) is 4.98 Å². The SMILES string of the molecule is Cc1ccc(CCCCOCc2cccc(/C=C/c3cccc(N)c3)n2)cc1. The molecule has 3 nitrogen and oxygen atoms in total. The van der Waals surface area contributed by atoms with E-state index in [0.29, 0.717) is 6.61 Å². The molecule has 0 unspecified atom stereocenters. The number of hydrogen-bond donors (Lipinski definition) is 1. The van der Waals surface area contributed by atoms with Crippen LogP contribution in [0.2, 0.25) is 0 Å². The minimum Gasteiger partial charge on any atom is -0.399 e. The van der Waals surface area contributed by atoms with Gasteiger partial charge >= 0.3 is 0 Å². The van der Waals surface area contributed by atoms with E-state index < -0.39 is 0 Å². The number of nitrogens with two attached hydrogens (primary N) is 1. The summed E-state index contributed by atoms with van der Waals surface area (Å²) in [4.78, 5) is 4.64. The van der Waals surface area contributed by atoms with Crippen molar-refractivity contribution in [3.05, 3.63) is 94.8 Å². The third-order valence-electron chi connectivity index (χ3n) is 4.56. The van der Waals surface area contributed by atoms with Crippen LogP contribution in [0.1, 0.15) is 40.9 Å². The predicted molar refractivity (Wildman–Crippen MR) is 118 cm³/mol. The summed E-state index contributed by atoms with van der Waals surface area (Å²) in [6.45, 7) is 3.43. The summed E-state index contributed by atoms with van der Waals surface area (Å²) in [7, 11) is 0. The lowest BCUT2D eigenvalue weighted by atomic mass is 10.1. The average molecular weight is 373 g/mol. The third kappa shape index (κ3) is 6.67. The van der Waals surface area contributed by atoms with Crippen LogP contribution in [0.5, 0.6) is 0 Å². The quantitative estimate of drug-likeness (QED) is 0.388. The van der Waals surface area contributed by atoms with Crippen molar-refractivity contribution in [2.45, 2.75) is 32.8 Å². The fraction of sp³-hybridized carbons (Fsp3) is 0.240. The van der Waals surface area contributed by atoms with Crippen LogP contribution in [0, 0.1) is 6.92 Å². The Morgan fingerprint density at radius 2 is 1.75 bits per heavy atom. The first kappa shape index (κ1) is 19.8. The molecule has 144 valence electrons. The van der Waals surface area contributed by atoms with Crippen LogP contribution in [-0.2, 0) is 17.8 Å². The molecule has 3 heteroatoms. The monoisotopic (exact) mass is 372 g/mol. The van der Waals surface area contributed by atoms with E-state index in [-0.39, 0.29) is 0 Å². The highest BCUT2D eigenvalue weighted by molar-refractivity contribution is 5.69. The van der Waals surface area contributed by atoms with E-state index in [0.717, 1.165) is 48.5 Å². The fourth-order valence-electron chi connectivity index (χ4n) is 2.98. The zero-order chi connectivity index (χ0) is 19.6. The second-order valence-corrected chi connectivity index (χ2v) is 7.05. The number of pyridine rings is 1. The molecule has 3 aromatic rings. The van der Waals surface area contributed by atoms with Crippen LogP contribution in [0.4, 0.5) is 5.69 Å². The van der Waals surface area contributed by atoms with Crippen molar-refractivity contribution in [3.63, 3.8) is 0 Å². The maximum Gasteiger partial charge on any atom is 0.0888 e. The Morgan fingerprint density at radius 3 is 2.57 bits per heavy atom. The van der Waals surface area contributed by atoms with Gasteiger partial charge in [-0.1, -0.05) is 54.1 Å². The summed E-state index contributed by atoms with van der Waals surface area (Å²) < 4.78 is 5.81. The Kier molecular flexibility index (Phi) is 7.39. The van der Waals surface area contributed by atoms with Crippen LogP contribution >= 0.6 is 0 Å². The first-order chi connectivity index (χ1) is 13.7. The van der Waals surface area contributed by atoms with E-state index >= 15 is 0 Å². The number of ether oxygens (including phenoxy) is 1. The number of hydrogen-bond acceptors (Lipinski definition) is 3. The molecule has 2 N–H and O–H groups in total. The molecule has 0 aliphatic carbocycles. The highest BCUT2D eigenvalue weighted by Gasteiger charge is 1.98. The fourth-order valence-corrected chi connectivity index (χ4v) is 2.98. The molecule has 0 amide bonds. The average Bonchev–Trinajstić information content (AvgIpc) is 2.71. The van der Waals surface area contributed by atoms with Crippen molar-refractivity contribution in [2.75, 3.05) is 12.3 Å². The summed E-state index contributed by atoms with van der Waals surface area (Å²) in [6.07, 6.45) is 7.32. The van der Waals surface area contributed by atoms with Gasteiger partial charge < -0.3 is 10.5 Å². The number of benzene rings is 2. The molecule has 0 fully saturated rings. The molecule has 1 heterocycles. The zero-order valence-corrected chi connectivity index (χ0v) is 16.5. The smallest absolute Gasteiger partial charge is 0.0888 e. The van der Waals surface area contributed by atoms with Gasteiger partial charge in [0.2, 0.25) is 0 Å². The Morgan fingerprint density at radius 1 is 0.929 bits per heavy atom. The van der Waals surface area contributed by atoms with E-state index in [1.165, 1.54) is 11.1 Å². The van der Waals surface area contributed by atoms with Gasteiger partial charge in [-0.2, -0.15) is 0 Å². The van der Waals surface area contributed by atoms with Gasteiger partial charge in [-0.05, 0) is 67.7 Å². The maximum absolute atomic E-state index is 5.81. The number of nitrogens with zero attached hydrogens (tertiary/aromatic N) is 1. The molecule has 0 aliphatic heterocycles. The van der Waals surface area contributed by atoms with Crippen molar-refractivity contribution in [1.29, 1.82) is 0 Å². The Bertz CT molecular complexity index is 900. The lowest BCUT2D eigenvalue weighted by Gasteiger charge is -2.05. The number of anilines is 1. The van der Waals surface area contributed by atoms with Crippen LogP contribution in [-0.4, -0.2) is 11.6 Å². The van der Waals surface area contributed by atoms with Crippen LogP contribution in [0.25, 0.3) is 12.2 Å². The predicted octanol–water partition coefficient (Wildman–Crippen LogP) is 5.68. The van der Waals surface area contributed by atoms with Gasteiger partial charge in [-0.25, -0.2) is 0 Å². The molecule has 2 aromatic carbocycles. The van der Waals surface area contributed by atoms with Gasteiger partial charge in [0.1, 0.15) is 0 Å². The van der Waals surface area contributed by atoms with Crippen LogP contribution in [0.15, 0.2) is 66.7 Å². The number of rotatable bonds is 9. The molecule has 0 bridgehead atoms. The van der Waals surface area contributed by atoms with Crippen molar-refractivity contribution in [3.8, 4) is 0 Å². The molecule has 0 spiro atoms. The number of aromatic nitrogens is 1. The Balaban J connectivity index is 1.40. The number of aryl methyl sites for hydroxylation is 2. The first-order valence-corrected chi connectivity index (χ1v) is 9.82. The molecular formula is C25H28N2O. The van der Waals surface area contributed by atoms with E-state index in [1.807, 2.05) is 54.6 Å². The summed E-state index contributed by atoms with van der Waals surface area (Å²) in [6, 6.07) is 22.6. The number of unbranched alkanes of at least 4 members (excludes halogenated alkanes) is 1. The zero-order valence-electron chi connectivity index (χ0n) is 16.5. The van der Waals surface area contributed by atoms with E-state index in [1.54, 1.807) is 0 Å². The van der Waals surface area contributed by atoms with Gasteiger partial charge in [-0.15, -0.1) is 0 Å². The van der Waals surface area contributed by atoms with E-state index in [2.05, 4.69) is 36.2 Å². The molecule has 0 radical (unpaired) electrons.